The number of amides is 1. The average molecular weight is 467 g/mol. The van der Waals surface area contributed by atoms with Crippen molar-refractivity contribution < 1.29 is 23.8 Å². The Bertz CT molecular complexity index is 1120. The second-order valence-corrected chi connectivity index (χ2v) is 8.65. The molecule has 0 atom stereocenters. The molecular formula is C25H26N2O5S. The van der Waals surface area contributed by atoms with E-state index in [1.807, 2.05) is 49.4 Å². The third kappa shape index (κ3) is 5.53. The van der Waals surface area contributed by atoms with E-state index in [1.54, 1.807) is 12.1 Å². The summed E-state index contributed by atoms with van der Waals surface area (Å²) in [7, 11) is 1.54. The number of ether oxygens (including phenoxy) is 3. The molecule has 1 aromatic heterocycles. The Morgan fingerprint density at radius 3 is 2.58 bits per heavy atom. The maximum atomic E-state index is 12.8. The van der Waals surface area contributed by atoms with Gasteiger partial charge in [-0.05, 0) is 36.2 Å². The molecule has 2 heterocycles. The Kier molecular flexibility index (Phi) is 7.26. The standard InChI is InChI=1S/C25H26N2O5S/c1-17-8-9-21(30-2)20(14-17)26-23(28)16-32-25(29)22-15-19(18-6-4-3-5-7-18)24(33-22)27-10-12-31-13-11-27/h3-9,14-15H,10-13,16H2,1-2H3,(H,26,28). The SMILES string of the molecule is COc1ccc(C)cc1NC(=O)COC(=O)c1cc(-c2ccccc2)c(N2CCOCC2)s1. The van der Waals surface area contributed by atoms with Crippen molar-refractivity contribution in [2.45, 2.75) is 6.92 Å². The Morgan fingerprint density at radius 2 is 1.85 bits per heavy atom. The van der Waals surface area contributed by atoms with E-state index in [1.165, 1.54) is 18.4 Å². The zero-order valence-electron chi connectivity index (χ0n) is 18.6. The molecule has 33 heavy (non-hydrogen) atoms. The smallest absolute Gasteiger partial charge is 0.348 e. The zero-order valence-corrected chi connectivity index (χ0v) is 19.4. The number of carbonyl (C=O) groups is 2. The average Bonchev–Trinajstić information content (AvgIpc) is 3.29. The fraction of sp³-hybridized carbons (Fsp3) is 0.280. The van der Waals surface area contributed by atoms with Crippen LogP contribution in [-0.4, -0.2) is 51.9 Å². The lowest BCUT2D eigenvalue weighted by Gasteiger charge is -2.28. The van der Waals surface area contributed by atoms with Crippen LogP contribution >= 0.6 is 11.3 Å². The van der Waals surface area contributed by atoms with E-state index in [9.17, 15) is 9.59 Å². The Hall–Kier alpha value is -3.36. The minimum absolute atomic E-state index is 0.388. The van der Waals surface area contributed by atoms with Crippen molar-refractivity contribution in [3.8, 4) is 16.9 Å². The van der Waals surface area contributed by atoms with E-state index < -0.39 is 11.9 Å². The molecule has 8 heteroatoms. The first kappa shape index (κ1) is 22.8. The molecule has 0 saturated carbocycles. The number of thiophene rings is 1. The van der Waals surface area contributed by atoms with Crippen LogP contribution in [0.15, 0.2) is 54.6 Å². The Morgan fingerprint density at radius 1 is 1.09 bits per heavy atom. The van der Waals surface area contributed by atoms with Gasteiger partial charge < -0.3 is 24.4 Å². The third-order valence-corrected chi connectivity index (χ3v) is 6.44. The molecule has 0 aliphatic carbocycles. The van der Waals surface area contributed by atoms with Crippen molar-refractivity contribution in [2.24, 2.45) is 0 Å². The summed E-state index contributed by atoms with van der Waals surface area (Å²) in [5.74, 6) is -0.412. The molecule has 0 unspecified atom stereocenters. The van der Waals surface area contributed by atoms with Gasteiger partial charge in [0, 0.05) is 18.7 Å². The van der Waals surface area contributed by atoms with Crippen LogP contribution in [0.3, 0.4) is 0 Å². The predicted octanol–water partition coefficient (Wildman–Crippen LogP) is 4.36. The van der Waals surface area contributed by atoms with Crippen molar-refractivity contribution in [1.82, 2.24) is 0 Å². The van der Waals surface area contributed by atoms with Gasteiger partial charge in [0.05, 0.1) is 31.0 Å². The molecule has 1 aliphatic heterocycles. The van der Waals surface area contributed by atoms with E-state index in [2.05, 4.69) is 10.2 Å². The number of hydrogen-bond donors (Lipinski definition) is 1. The van der Waals surface area contributed by atoms with Crippen molar-refractivity contribution in [3.63, 3.8) is 0 Å². The van der Waals surface area contributed by atoms with Crippen LogP contribution in [-0.2, 0) is 14.3 Å². The molecule has 0 radical (unpaired) electrons. The molecule has 2 aromatic carbocycles. The summed E-state index contributed by atoms with van der Waals surface area (Å²) in [6.45, 7) is 4.35. The van der Waals surface area contributed by atoms with Crippen LogP contribution < -0.4 is 15.0 Å². The van der Waals surface area contributed by atoms with Crippen LogP contribution in [0.1, 0.15) is 15.2 Å². The summed E-state index contributed by atoms with van der Waals surface area (Å²) < 4.78 is 16.1. The summed E-state index contributed by atoms with van der Waals surface area (Å²) in [4.78, 5) is 27.9. The van der Waals surface area contributed by atoms with E-state index in [-0.39, 0.29) is 6.61 Å². The van der Waals surface area contributed by atoms with Crippen molar-refractivity contribution in [1.29, 1.82) is 0 Å². The molecular weight excluding hydrogens is 440 g/mol. The molecule has 172 valence electrons. The van der Waals surface area contributed by atoms with E-state index >= 15 is 0 Å². The Balaban J connectivity index is 1.47. The van der Waals surface area contributed by atoms with Gasteiger partial charge in [-0.25, -0.2) is 4.79 Å². The van der Waals surface area contributed by atoms with Gasteiger partial charge in [0.25, 0.3) is 5.91 Å². The maximum Gasteiger partial charge on any atom is 0.348 e. The minimum Gasteiger partial charge on any atom is -0.495 e. The first-order valence-electron chi connectivity index (χ1n) is 10.7. The molecule has 1 amide bonds. The van der Waals surface area contributed by atoms with Crippen LogP contribution in [0, 0.1) is 6.92 Å². The third-order valence-electron chi connectivity index (χ3n) is 5.26. The molecule has 1 aliphatic rings. The van der Waals surface area contributed by atoms with Crippen molar-refractivity contribution >= 4 is 33.9 Å². The highest BCUT2D eigenvalue weighted by Gasteiger charge is 2.23. The van der Waals surface area contributed by atoms with E-state index in [0.29, 0.717) is 29.5 Å². The molecule has 3 aromatic rings. The van der Waals surface area contributed by atoms with E-state index in [4.69, 9.17) is 14.2 Å². The normalized spacial score (nSPS) is 13.5. The van der Waals surface area contributed by atoms with E-state index in [0.717, 1.165) is 34.8 Å². The number of aryl methyl sites for hydroxylation is 1. The maximum absolute atomic E-state index is 12.8. The highest BCUT2D eigenvalue weighted by Crippen LogP contribution is 2.39. The van der Waals surface area contributed by atoms with Crippen LogP contribution in [0.2, 0.25) is 0 Å². The number of benzene rings is 2. The van der Waals surface area contributed by atoms with Gasteiger partial charge in [-0.2, -0.15) is 0 Å². The lowest BCUT2D eigenvalue weighted by molar-refractivity contribution is -0.119. The van der Waals surface area contributed by atoms with Crippen LogP contribution in [0.25, 0.3) is 11.1 Å². The monoisotopic (exact) mass is 466 g/mol. The number of esters is 1. The molecule has 0 spiro atoms. The topological polar surface area (TPSA) is 77.1 Å². The van der Waals surface area contributed by atoms with Gasteiger partial charge in [-0.1, -0.05) is 36.4 Å². The zero-order chi connectivity index (χ0) is 23.2. The molecule has 1 saturated heterocycles. The van der Waals surface area contributed by atoms with Gasteiger partial charge in [-0.15, -0.1) is 11.3 Å². The number of rotatable bonds is 7. The summed E-state index contributed by atoms with van der Waals surface area (Å²) in [6, 6.07) is 17.3. The molecule has 1 N–H and O–H groups in total. The highest BCUT2D eigenvalue weighted by atomic mass is 32.1. The number of morpholine rings is 1. The molecule has 0 bridgehead atoms. The number of methoxy groups -OCH3 is 1. The fourth-order valence-electron chi connectivity index (χ4n) is 3.62. The summed E-state index contributed by atoms with van der Waals surface area (Å²) in [6.07, 6.45) is 0. The number of nitrogens with zero attached hydrogens (tertiary/aromatic N) is 1. The van der Waals surface area contributed by atoms with Crippen LogP contribution in [0.4, 0.5) is 10.7 Å². The second-order valence-electron chi connectivity index (χ2n) is 7.62. The fourth-order valence-corrected chi connectivity index (χ4v) is 4.74. The molecule has 4 rings (SSSR count). The number of nitrogens with one attached hydrogen (secondary N) is 1. The lowest BCUT2D eigenvalue weighted by Crippen LogP contribution is -2.35. The van der Waals surface area contributed by atoms with Crippen LogP contribution in [0.5, 0.6) is 5.75 Å². The van der Waals surface area contributed by atoms with Gasteiger partial charge >= 0.3 is 5.97 Å². The first-order chi connectivity index (χ1) is 16.0. The number of carbonyl (C=O) groups excluding carboxylic acids is 2. The van der Waals surface area contributed by atoms with Gasteiger partial charge in [-0.3, -0.25) is 4.79 Å². The van der Waals surface area contributed by atoms with Gasteiger partial charge in [0.15, 0.2) is 6.61 Å². The van der Waals surface area contributed by atoms with Gasteiger partial charge in [0.1, 0.15) is 10.6 Å². The molecule has 1 fully saturated rings. The van der Waals surface area contributed by atoms with Gasteiger partial charge in [0.2, 0.25) is 0 Å². The second kappa shape index (κ2) is 10.5. The predicted molar refractivity (Wildman–Crippen MR) is 129 cm³/mol. The molecule has 7 nitrogen and oxygen atoms in total. The largest absolute Gasteiger partial charge is 0.495 e. The van der Waals surface area contributed by atoms with Crippen molar-refractivity contribution in [3.05, 3.63) is 65.0 Å². The summed E-state index contributed by atoms with van der Waals surface area (Å²) in [5, 5.41) is 3.75. The van der Waals surface area contributed by atoms with Crippen molar-refractivity contribution in [2.75, 3.05) is 50.2 Å². The number of anilines is 2. The highest BCUT2D eigenvalue weighted by molar-refractivity contribution is 7.18. The minimum atomic E-state index is -0.525. The quantitative estimate of drug-likeness (QED) is 0.521. The number of hydrogen-bond acceptors (Lipinski definition) is 7. The summed E-state index contributed by atoms with van der Waals surface area (Å²) >= 11 is 1.38. The first-order valence-corrected chi connectivity index (χ1v) is 11.5. The Labute approximate surface area is 196 Å². The summed E-state index contributed by atoms with van der Waals surface area (Å²) in [5.41, 5.74) is 3.52. The lowest BCUT2D eigenvalue weighted by atomic mass is 10.1.